The molecule has 1 N–H and O–H groups in total. The lowest BCUT2D eigenvalue weighted by Gasteiger charge is -2.28. The SMILES string of the molecule is O=[N+]([O-])C=C1SCCCN1S(=O)(=O)CCCO. The van der Waals surface area contributed by atoms with Gasteiger partial charge in [-0.15, -0.1) is 11.8 Å². The quantitative estimate of drug-likeness (QED) is 0.571. The van der Waals surface area contributed by atoms with Crippen molar-refractivity contribution in [2.24, 2.45) is 0 Å². The summed E-state index contributed by atoms with van der Waals surface area (Å²) in [4.78, 5) is 9.76. The molecule has 1 fully saturated rings. The predicted molar refractivity (Wildman–Crippen MR) is 64.3 cm³/mol. The number of hydrogen-bond donors (Lipinski definition) is 1. The molecular formula is C8H14N2O5S2. The highest BCUT2D eigenvalue weighted by Crippen LogP contribution is 2.29. The molecule has 7 nitrogen and oxygen atoms in total. The van der Waals surface area contributed by atoms with Crippen molar-refractivity contribution in [2.45, 2.75) is 12.8 Å². The van der Waals surface area contributed by atoms with Crippen LogP contribution in [-0.4, -0.2) is 47.4 Å². The highest BCUT2D eigenvalue weighted by atomic mass is 32.2. The highest BCUT2D eigenvalue weighted by molar-refractivity contribution is 8.04. The van der Waals surface area contributed by atoms with E-state index in [1.54, 1.807) is 0 Å². The second-order valence-electron chi connectivity index (χ2n) is 3.42. The van der Waals surface area contributed by atoms with Crippen LogP contribution in [0.3, 0.4) is 0 Å². The zero-order valence-corrected chi connectivity index (χ0v) is 10.7. The molecule has 0 aliphatic carbocycles. The molecule has 0 aromatic carbocycles. The molecule has 0 bridgehead atoms. The largest absolute Gasteiger partial charge is 0.396 e. The van der Waals surface area contributed by atoms with Gasteiger partial charge in [-0.2, -0.15) is 0 Å². The normalized spacial score (nSPS) is 19.6. The summed E-state index contributed by atoms with van der Waals surface area (Å²) in [7, 11) is -3.56. The number of hydrogen-bond acceptors (Lipinski definition) is 6. The van der Waals surface area contributed by atoms with Gasteiger partial charge in [-0.05, 0) is 12.8 Å². The lowest BCUT2D eigenvalue weighted by molar-refractivity contribution is -0.403. The Morgan fingerprint density at radius 2 is 2.29 bits per heavy atom. The topological polar surface area (TPSA) is 101 Å². The summed E-state index contributed by atoms with van der Waals surface area (Å²) in [5.74, 6) is 0.477. The molecular weight excluding hydrogens is 268 g/mol. The molecule has 0 radical (unpaired) electrons. The molecule has 0 saturated carbocycles. The van der Waals surface area contributed by atoms with Gasteiger partial charge in [0, 0.05) is 18.9 Å². The second-order valence-corrected chi connectivity index (χ2v) is 6.55. The highest BCUT2D eigenvalue weighted by Gasteiger charge is 2.28. The molecule has 0 amide bonds. The van der Waals surface area contributed by atoms with Crippen LogP contribution in [0.25, 0.3) is 0 Å². The van der Waals surface area contributed by atoms with Crippen molar-refractivity contribution in [3.8, 4) is 0 Å². The summed E-state index contributed by atoms with van der Waals surface area (Å²) < 4.78 is 24.8. The number of aliphatic hydroxyl groups is 1. The summed E-state index contributed by atoms with van der Waals surface area (Å²) in [6.07, 6.45) is 1.52. The first kappa shape index (κ1) is 14.3. The summed E-state index contributed by atoms with van der Waals surface area (Å²) in [5, 5.41) is 19.2. The van der Waals surface area contributed by atoms with Crippen LogP contribution in [0.2, 0.25) is 0 Å². The van der Waals surface area contributed by atoms with E-state index >= 15 is 0 Å². The Bertz CT molecular complexity index is 406. The molecule has 1 aliphatic rings. The first-order chi connectivity index (χ1) is 7.97. The van der Waals surface area contributed by atoms with Gasteiger partial charge in [0.2, 0.25) is 10.0 Å². The van der Waals surface area contributed by atoms with E-state index in [1.165, 1.54) is 0 Å². The van der Waals surface area contributed by atoms with E-state index in [9.17, 15) is 18.5 Å². The van der Waals surface area contributed by atoms with E-state index in [4.69, 9.17) is 5.11 Å². The van der Waals surface area contributed by atoms with Crippen LogP contribution in [0.1, 0.15) is 12.8 Å². The van der Waals surface area contributed by atoms with Gasteiger partial charge in [-0.1, -0.05) is 0 Å². The Morgan fingerprint density at radius 1 is 1.59 bits per heavy atom. The number of rotatable bonds is 5. The minimum Gasteiger partial charge on any atom is -0.396 e. The summed E-state index contributed by atoms with van der Waals surface area (Å²) >= 11 is 1.16. The fourth-order valence-corrected chi connectivity index (χ4v) is 4.21. The molecule has 1 rings (SSSR count). The van der Waals surface area contributed by atoms with Crippen molar-refractivity contribution in [1.82, 2.24) is 4.31 Å². The minimum atomic E-state index is -3.56. The van der Waals surface area contributed by atoms with Crippen LogP contribution < -0.4 is 0 Å². The Kier molecular flexibility index (Phi) is 5.22. The summed E-state index contributed by atoms with van der Waals surface area (Å²) in [6.45, 7) is 0.0505. The van der Waals surface area contributed by atoms with Crippen LogP contribution in [0.15, 0.2) is 11.2 Å². The molecule has 1 aliphatic heterocycles. The van der Waals surface area contributed by atoms with Gasteiger partial charge in [-0.3, -0.25) is 14.4 Å². The standard InChI is InChI=1S/C8H14N2O5S2/c11-4-2-6-17(14,15)9-3-1-5-16-8(9)7-10(12)13/h7,11H,1-6H2. The van der Waals surface area contributed by atoms with E-state index in [1.807, 2.05) is 0 Å². The third kappa shape index (κ3) is 4.17. The smallest absolute Gasteiger partial charge is 0.265 e. The van der Waals surface area contributed by atoms with Gasteiger partial charge in [0.25, 0.3) is 6.20 Å². The van der Waals surface area contributed by atoms with Crippen LogP contribution in [-0.2, 0) is 10.0 Å². The lowest BCUT2D eigenvalue weighted by Crippen LogP contribution is -2.35. The van der Waals surface area contributed by atoms with Crippen molar-refractivity contribution < 1.29 is 18.4 Å². The summed E-state index contributed by atoms with van der Waals surface area (Å²) in [6, 6.07) is 0. The maximum Gasteiger partial charge on any atom is 0.265 e. The Labute approximate surface area is 104 Å². The van der Waals surface area contributed by atoms with Crippen molar-refractivity contribution >= 4 is 21.8 Å². The van der Waals surface area contributed by atoms with Gasteiger partial charge in [-0.25, -0.2) is 8.42 Å². The molecule has 98 valence electrons. The second kappa shape index (κ2) is 6.22. The fraction of sp³-hybridized carbons (Fsp3) is 0.750. The van der Waals surface area contributed by atoms with E-state index in [2.05, 4.69) is 0 Å². The van der Waals surface area contributed by atoms with Crippen LogP contribution >= 0.6 is 11.8 Å². The molecule has 0 aromatic rings. The molecule has 17 heavy (non-hydrogen) atoms. The van der Waals surface area contributed by atoms with Crippen LogP contribution in [0, 0.1) is 10.1 Å². The first-order valence-electron chi connectivity index (χ1n) is 5.07. The minimum absolute atomic E-state index is 0.134. The van der Waals surface area contributed by atoms with Crippen LogP contribution in [0.5, 0.6) is 0 Å². The maximum absolute atomic E-state index is 11.9. The van der Waals surface area contributed by atoms with Crippen molar-refractivity contribution in [1.29, 1.82) is 0 Å². The number of thioether (sulfide) groups is 1. The van der Waals surface area contributed by atoms with E-state index in [0.29, 0.717) is 12.2 Å². The van der Waals surface area contributed by atoms with E-state index < -0.39 is 14.9 Å². The monoisotopic (exact) mass is 282 g/mol. The Balaban J connectivity index is 2.88. The van der Waals surface area contributed by atoms with Crippen molar-refractivity contribution in [3.05, 3.63) is 21.3 Å². The molecule has 0 spiro atoms. The van der Waals surface area contributed by atoms with Gasteiger partial charge in [0.1, 0.15) is 0 Å². The third-order valence-electron chi connectivity index (χ3n) is 2.11. The van der Waals surface area contributed by atoms with Gasteiger partial charge in [0.15, 0.2) is 5.03 Å². The molecule has 0 aromatic heterocycles. The number of aliphatic hydroxyl groups excluding tert-OH is 1. The fourth-order valence-electron chi connectivity index (χ4n) is 1.39. The molecule has 1 saturated heterocycles. The average Bonchev–Trinajstić information content (AvgIpc) is 2.26. The lowest BCUT2D eigenvalue weighted by atomic mass is 10.5. The summed E-state index contributed by atoms with van der Waals surface area (Å²) in [5.41, 5.74) is 0. The molecule has 0 atom stereocenters. The predicted octanol–water partition coefficient (Wildman–Crippen LogP) is 0.213. The number of sulfonamides is 1. The van der Waals surface area contributed by atoms with Gasteiger partial charge >= 0.3 is 0 Å². The molecule has 0 unspecified atom stereocenters. The Hall–Kier alpha value is -0.800. The Morgan fingerprint density at radius 3 is 2.88 bits per heavy atom. The average molecular weight is 282 g/mol. The molecule has 1 heterocycles. The van der Waals surface area contributed by atoms with E-state index in [0.717, 1.165) is 22.3 Å². The third-order valence-corrected chi connectivity index (χ3v) is 5.20. The van der Waals surface area contributed by atoms with Gasteiger partial charge < -0.3 is 5.11 Å². The zero-order valence-electron chi connectivity index (χ0n) is 9.11. The molecule has 9 heteroatoms. The van der Waals surface area contributed by atoms with E-state index in [-0.39, 0.29) is 30.4 Å². The first-order valence-corrected chi connectivity index (χ1v) is 7.66. The number of nitro groups is 1. The zero-order chi connectivity index (χ0) is 12.9. The van der Waals surface area contributed by atoms with Crippen LogP contribution in [0.4, 0.5) is 0 Å². The van der Waals surface area contributed by atoms with Crippen molar-refractivity contribution in [3.63, 3.8) is 0 Å². The van der Waals surface area contributed by atoms with Gasteiger partial charge in [0.05, 0.1) is 10.7 Å². The maximum atomic E-state index is 11.9. The number of nitrogens with zero attached hydrogens (tertiary/aromatic N) is 2. The van der Waals surface area contributed by atoms with Crippen molar-refractivity contribution in [2.75, 3.05) is 24.7 Å².